The highest BCUT2D eigenvalue weighted by molar-refractivity contribution is 7.90. The van der Waals surface area contributed by atoms with E-state index in [2.05, 4.69) is 41.3 Å². The average molecular weight is 335 g/mol. The van der Waals surface area contributed by atoms with E-state index in [4.69, 9.17) is 0 Å². The number of aliphatic imine (C=N–C) groups is 1. The summed E-state index contributed by atoms with van der Waals surface area (Å²) in [5.74, 6) is 0.779. The molecule has 0 aliphatic rings. The number of guanidine groups is 1. The molecule has 0 aromatic heterocycles. The van der Waals surface area contributed by atoms with E-state index >= 15 is 0 Å². The summed E-state index contributed by atoms with van der Waals surface area (Å²) in [5.41, 5.74) is 0. The fraction of sp³-hybridized carbons (Fsp3) is 0.933. The zero-order valence-corrected chi connectivity index (χ0v) is 15.7. The third kappa shape index (κ3) is 11.8. The molecule has 0 saturated carbocycles. The summed E-state index contributed by atoms with van der Waals surface area (Å²) in [6.07, 6.45) is 3.43. The van der Waals surface area contributed by atoms with E-state index in [0.717, 1.165) is 39.0 Å². The van der Waals surface area contributed by atoms with Crippen LogP contribution < -0.4 is 10.6 Å². The SMILES string of the molecule is CCNC(=NCCS(C)(=O)=O)NC(C)CCCN(CC)CC. The maximum atomic E-state index is 11.1. The molecule has 0 bridgehead atoms. The lowest BCUT2D eigenvalue weighted by Gasteiger charge is -2.21. The van der Waals surface area contributed by atoms with Gasteiger partial charge in [-0.3, -0.25) is 4.99 Å². The zero-order valence-electron chi connectivity index (χ0n) is 14.9. The molecule has 132 valence electrons. The molecule has 0 spiro atoms. The smallest absolute Gasteiger partial charge is 0.191 e. The van der Waals surface area contributed by atoms with Crippen molar-refractivity contribution in [3.63, 3.8) is 0 Å². The van der Waals surface area contributed by atoms with Crippen LogP contribution in [0.1, 0.15) is 40.5 Å². The maximum absolute atomic E-state index is 11.1. The molecule has 0 fully saturated rings. The lowest BCUT2D eigenvalue weighted by atomic mass is 10.2. The molecule has 0 saturated heterocycles. The maximum Gasteiger partial charge on any atom is 0.191 e. The van der Waals surface area contributed by atoms with Gasteiger partial charge in [-0.1, -0.05) is 13.8 Å². The molecule has 0 aliphatic heterocycles. The minimum Gasteiger partial charge on any atom is -0.357 e. The third-order valence-electron chi connectivity index (χ3n) is 3.47. The van der Waals surface area contributed by atoms with Crippen LogP contribution in [-0.2, 0) is 9.84 Å². The van der Waals surface area contributed by atoms with Crippen molar-refractivity contribution in [3.05, 3.63) is 0 Å². The first-order valence-electron chi connectivity index (χ1n) is 8.27. The number of hydrogen-bond donors (Lipinski definition) is 2. The van der Waals surface area contributed by atoms with E-state index in [1.807, 2.05) is 6.92 Å². The summed E-state index contributed by atoms with van der Waals surface area (Å²) < 4.78 is 22.3. The molecule has 0 aliphatic carbocycles. The van der Waals surface area contributed by atoms with Crippen LogP contribution in [0.5, 0.6) is 0 Å². The molecule has 2 N–H and O–H groups in total. The van der Waals surface area contributed by atoms with Crippen molar-refractivity contribution >= 4 is 15.8 Å². The molecule has 0 aromatic carbocycles. The molecule has 0 heterocycles. The average Bonchev–Trinajstić information content (AvgIpc) is 2.42. The minimum absolute atomic E-state index is 0.0832. The fourth-order valence-corrected chi connectivity index (χ4v) is 2.53. The molecular formula is C15H34N4O2S. The summed E-state index contributed by atoms with van der Waals surface area (Å²) >= 11 is 0. The molecule has 0 aromatic rings. The predicted molar refractivity (Wildman–Crippen MR) is 95.3 cm³/mol. The second-order valence-corrected chi connectivity index (χ2v) is 7.86. The van der Waals surface area contributed by atoms with E-state index in [0.29, 0.717) is 18.5 Å². The Balaban J connectivity index is 4.22. The van der Waals surface area contributed by atoms with Crippen molar-refractivity contribution in [2.24, 2.45) is 4.99 Å². The molecule has 22 heavy (non-hydrogen) atoms. The van der Waals surface area contributed by atoms with Crippen LogP contribution in [0.4, 0.5) is 0 Å². The largest absolute Gasteiger partial charge is 0.357 e. The highest BCUT2D eigenvalue weighted by Gasteiger charge is 2.07. The lowest BCUT2D eigenvalue weighted by Crippen LogP contribution is -2.42. The number of nitrogens with zero attached hydrogens (tertiary/aromatic N) is 2. The first kappa shape index (κ1) is 21.2. The van der Waals surface area contributed by atoms with E-state index in [9.17, 15) is 8.42 Å². The molecule has 1 atom stereocenters. The molecule has 1 unspecified atom stereocenters. The first-order valence-corrected chi connectivity index (χ1v) is 10.3. The van der Waals surface area contributed by atoms with Gasteiger partial charge < -0.3 is 15.5 Å². The first-order chi connectivity index (χ1) is 10.3. The molecule has 0 radical (unpaired) electrons. The predicted octanol–water partition coefficient (Wildman–Crippen LogP) is 1.10. The van der Waals surface area contributed by atoms with Crippen LogP contribution in [0, 0.1) is 0 Å². The van der Waals surface area contributed by atoms with Crippen molar-refractivity contribution in [1.29, 1.82) is 0 Å². The van der Waals surface area contributed by atoms with Crippen LogP contribution in [0.25, 0.3) is 0 Å². The molecular weight excluding hydrogens is 300 g/mol. The fourth-order valence-electron chi connectivity index (χ4n) is 2.11. The highest BCUT2D eigenvalue weighted by Crippen LogP contribution is 1.99. The Bertz CT molecular complexity index is 406. The van der Waals surface area contributed by atoms with Gasteiger partial charge in [-0.2, -0.15) is 0 Å². The van der Waals surface area contributed by atoms with Gasteiger partial charge >= 0.3 is 0 Å². The van der Waals surface area contributed by atoms with Crippen LogP contribution in [0.3, 0.4) is 0 Å². The second kappa shape index (κ2) is 11.7. The number of rotatable bonds is 11. The van der Waals surface area contributed by atoms with Crippen LogP contribution >= 0.6 is 0 Å². The van der Waals surface area contributed by atoms with Gasteiger partial charge in [-0.05, 0) is 46.3 Å². The monoisotopic (exact) mass is 334 g/mol. The van der Waals surface area contributed by atoms with Crippen molar-refractivity contribution in [3.8, 4) is 0 Å². The topological polar surface area (TPSA) is 73.8 Å². The summed E-state index contributed by atoms with van der Waals surface area (Å²) in [6.45, 7) is 12.8. The standard InChI is InChI=1S/C15H34N4O2S/c1-6-16-15(17-11-13-22(5,20)21)18-14(4)10-9-12-19(7-2)8-3/h14H,6-13H2,1-5H3,(H2,16,17,18). The Kier molecular flexibility index (Phi) is 11.3. The zero-order chi connectivity index (χ0) is 17.0. The summed E-state index contributed by atoms with van der Waals surface area (Å²) in [6, 6.07) is 0.312. The van der Waals surface area contributed by atoms with Crippen molar-refractivity contribution in [2.45, 2.75) is 46.6 Å². The number of hydrogen-bond acceptors (Lipinski definition) is 4. The highest BCUT2D eigenvalue weighted by atomic mass is 32.2. The Labute approximate surface area is 136 Å². The van der Waals surface area contributed by atoms with E-state index in [-0.39, 0.29) is 5.75 Å². The van der Waals surface area contributed by atoms with E-state index in [1.165, 1.54) is 6.26 Å². The molecule has 0 rings (SSSR count). The van der Waals surface area contributed by atoms with Gasteiger partial charge in [0.2, 0.25) is 0 Å². The van der Waals surface area contributed by atoms with Gasteiger partial charge in [0.25, 0.3) is 0 Å². The Morgan fingerprint density at radius 1 is 1.23 bits per heavy atom. The number of sulfone groups is 1. The Morgan fingerprint density at radius 2 is 1.86 bits per heavy atom. The van der Waals surface area contributed by atoms with Crippen LogP contribution in [0.2, 0.25) is 0 Å². The molecule has 7 heteroatoms. The van der Waals surface area contributed by atoms with E-state index in [1.54, 1.807) is 0 Å². The molecule has 0 amide bonds. The second-order valence-electron chi connectivity index (χ2n) is 5.61. The van der Waals surface area contributed by atoms with Crippen LogP contribution in [0.15, 0.2) is 4.99 Å². The van der Waals surface area contributed by atoms with Crippen molar-refractivity contribution in [1.82, 2.24) is 15.5 Å². The van der Waals surface area contributed by atoms with E-state index < -0.39 is 9.84 Å². The summed E-state index contributed by atoms with van der Waals surface area (Å²) in [5, 5.41) is 6.49. The van der Waals surface area contributed by atoms with Gasteiger partial charge in [0.1, 0.15) is 9.84 Å². The molecule has 6 nitrogen and oxygen atoms in total. The number of nitrogens with one attached hydrogen (secondary N) is 2. The van der Waals surface area contributed by atoms with Crippen molar-refractivity contribution < 1.29 is 8.42 Å². The third-order valence-corrected chi connectivity index (χ3v) is 4.39. The van der Waals surface area contributed by atoms with Crippen molar-refractivity contribution in [2.75, 3.05) is 44.7 Å². The Morgan fingerprint density at radius 3 is 2.36 bits per heavy atom. The Hall–Kier alpha value is -0.820. The van der Waals surface area contributed by atoms with Gasteiger partial charge in [-0.15, -0.1) is 0 Å². The lowest BCUT2D eigenvalue weighted by molar-refractivity contribution is 0.292. The van der Waals surface area contributed by atoms with Gasteiger partial charge in [-0.25, -0.2) is 8.42 Å². The summed E-state index contributed by atoms with van der Waals surface area (Å²) in [7, 11) is -2.96. The van der Waals surface area contributed by atoms with Crippen LogP contribution in [-0.4, -0.2) is 70.1 Å². The quantitative estimate of drug-likeness (QED) is 0.437. The van der Waals surface area contributed by atoms with Gasteiger partial charge in [0, 0.05) is 18.8 Å². The summed E-state index contributed by atoms with van der Waals surface area (Å²) in [4.78, 5) is 6.73. The normalized spacial score (nSPS) is 14.2. The van der Waals surface area contributed by atoms with Gasteiger partial charge in [0.05, 0.1) is 12.3 Å². The van der Waals surface area contributed by atoms with Gasteiger partial charge in [0.15, 0.2) is 5.96 Å². The minimum atomic E-state index is -2.96.